The summed E-state index contributed by atoms with van der Waals surface area (Å²) in [6.45, 7) is 1.96. The summed E-state index contributed by atoms with van der Waals surface area (Å²) in [7, 11) is 0. The van der Waals surface area contributed by atoms with Crippen molar-refractivity contribution in [1.82, 2.24) is 19.9 Å². The minimum atomic E-state index is -1.34. The average Bonchev–Trinajstić information content (AvgIpc) is 3.26. The number of hydrogen-bond donors (Lipinski definition) is 1. The van der Waals surface area contributed by atoms with E-state index in [1.807, 2.05) is 30.5 Å². The number of anilines is 1. The van der Waals surface area contributed by atoms with Crippen LogP contribution in [0.5, 0.6) is 0 Å². The minimum absolute atomic E-state index is 0.115. The molecule has 0 atom stereocenters. The van der Waals surface area contributed by atoms with Crippen molar-refractivity contribution in [2.75, 3.05) is 5.32 Å². The van der Waals surface area contributed by atoms with Gasteiger partial charge in [0.25, 0.3) is 5.91 Å². The van der Waals surface area contributed by atoms with Gasteiger partial charge in [-0.3, -0.25) is 9.78 Å². The molecule has 0 unspecified atom stereocenters. The summed E-state index contributed by atoms with van der Waals surface area (Å²) in [6, 6.07) is 7.03. The van der Waals surface area contributed by atoms with Crippen molar-refractivity contribution in [2.24, 2.45) is 0 Å². The van der Waals surface area contributed by atoms with Crippen LogP contribution in [0.1, 0.15) is 15.9 Å². The number of rotatable bonds is 4. The molecule has 1 amide bonds. The summed E-state index contributed by atoms with van der Waals surface area (Å²) >= 11 is 1.54. The lowest BCUT2D eigenvalue weighted by Crippen LogP contribution is -2.16. The molecule has 0 bridgehead atoms. The number of carbonyl (C=O) groups excluding carboxylic acids is 1. The molecule has 6 nitrogen and oxygen atoms in total. The van der Waals surface area contributed by atoms with E-state index in [1.165, 1.54) is 23.7 Å². The Balaban J connectivity index is 1.58. The van der Waals surface area contributed by atoms with Crippen molar-refractivity contribution < 1.29 is 13.6 Å². The molecule has 3 aromatic heterocycles. The number of benzene rings is 1. The maximum Gasteiger partial charge on any atom is 0.260 e. The summed E-state index contributed by atoms with van der Waals surface area (Å²) in [5.41, 5.74) is 3.00. The number of aromatic nitrogens is 4. The van der Waals surface area contributed by atoms with Gasteiger partial charge in [0.1, 0.15) is 5.01 Å². The Morgan fingerprint density at radius 3 is 2.62 bits per heavy atom. The summed E-state index contributed by atoms with van der Waals surface area (Å²) in [5.74, 6) is -3.38. The minimum Gasteiger partial charge on any atom is -0.305 e. The fourth-order valence-corrected chi connectivity index (χ4v) is 3.34. The molecule has 0 saturated heterocycles. The van der Waals surface area contributed by atoms with Crippen molar-refractivity contribution in [3.8, 4) is 21.8 Å². The van der Waals surface area contributed by atoms with Crippen LogP contribution in [0.3, 0.4) is 0 Å². The first kappa shape index (κ1) is 18.8. The van der Waals surface area contributed by atoms with Crippen LogP contribution in [-0.4, -0.2) is 25.8 Å². The van der Waals surface area contributed by atoms with E-state index in [0.717, 1.165) is 34.0 Å². The van der Waals surface area contributed by atoms with E-state index in [9.17, 15) is 13.6 Å². The van der Waals surface area contributed by atoms with Gasteiger partial charge in [0.2, 0.25) is 5.95 Å². The maximum atomic E-state index is 13.7. The van der Waals surface area contributed by atoms with Gasteiger partial charge in [0.05, 0.1) is 23.7 Å². The van der Waals surface area contributed by atoms with Gasteiger partial charge in [-0.25, -0.2) is 19.3 Å². The van der Waals surface area contributed by atoms with Crippen LogP contribution in [0.15, 0.2) is 54.4 Å². The zero-order valence-electron chi connectivity index (χ0n) is 15.1. The SMILES string of the molecule is Cc1ccc(-c2nccs2)cc1-c1cnc(NC(=O)c2ccnc(F)c2F)cn1. The second-order valence-electron chi connectivity index (χ2n) is 6.07. The van der Waals surface area contributed by atoms with Gasteiger partial charge in [-0.05, 0) is 24.6 Å². The number of carbonyl (C=O) groups is 1. The second kappa shape index (κ2) is 7.80. The van der Waals surface area contributed by atoms with Gasteiger partial charge < -0.3 is 5.32 Å². The number of pyridine rings is 1. The molecule has 0 aliphatic rings. The van der Waals surface area contributed by atoms with E-state index in [4.69, 9.17) is 0 Å². The van der Waals surface area contributed by atoms with Gasteiger partial charge in [0.15, 0.2) is 11.6 Å². The predicted molar refractivity (Wildman–Crippen MR) is 105 cm³/mol. The van der Waals surface area contributed by atoms with Crippen molar-refractivity contribution >= 4 is 23.1 Å². The Labute approximate surface area is 168 Å². The molecular weight excluding hydrogens is 396 g/mol. The number of aryl methyl sites for hydroxylation is 1. The monoisotopic (exact) mass is 409 g/mol. The first-order valence-corrected chi connectivity index (χ1v) is 9.35. The van der Waals surface area contributed by atoms with E-state index < -0.39 is 23.2 Å². The van der Waals surface area contributed by atoms with Gasteiger partial charge in [-0.2, -0.15) is 4.39 Å². The van der Waals surface area contributed by atoms with Gasteiger partial charge >= 0.3 is 0 Å². The fourth-order valence-electron chi connectivity index (χ4n) is 2.71. The molecule has 3 heterocycles. The highest BCUT2D eigenvalue weighted by molar-refractivity contribution is 7.13. The molecule has 1 aromatic carbocycles. The molecule has 0 aliphatic carbocycles. The first-order chi connectivity index (χ1) is 14.0. The Morgan fingerprint density at radius 2 is 1.90 bits per heavy atom. The standard InChI is InChI=1S/C20H13F2N5OS/c1-11-2-3-12(20-24-6-7-29-20)8-14(11)15-9-26-16(10-25-15)27-19(28)13-4-5-23-18(22)17(13)21/h2-10H,1H3,(H,26,27,28). The molecule has 4 rings (SSSR count). The molecule has 9 heteroatoms. The quantitative estimate of drug-likeness (QED) is 0.502. The third kappa shape index (κ3) is 3.85. The normalized spacial score (nSPS) is 10.7. The molecule has 0 spiro atoms. The Morgan fingerprint density at radius 1 is 1.03 bits per heavy atom. The summed E-state index contributed by atoms with van der Waals surface area (Å²) in [6.07, 6.45) is 5.62. The lowest BCUT2D eigenvalue weighted by Gasteiger charge is -2.09. The number of hydrogen-bond acceptors (Lipinski definition) is 6. The van der Waals surface area contributed by atoms with E-state index >= 15 is 0 Å². The average molecular weight is 409 g/mol. The zero-order chi connectivity index (χ0) is 20.4. The molecule has 0 aliphatic heterocycles. The molecule has 0 saturated carbocycles. The predicted octanol–water partition coefficient (Wildman–Crippen LogP) is 4.50. The Hall–Kier alpha value is -3.59. The third-order valence-corrected chi connectivity index (χ3v) is 5.00. The molecular formula is C20H13F2N5OS. The number of halogens is 2. The van der Waals surface area contributed by atoms with Crippen molar-refractivity contribution in [3.63, 3.8) is 0 Å². The van der Waals surface area contributed by atoms with Crippen LogP contribution in [0.25, 0.3) is 21.8 Å². The fraction of sp³-hybridized carbons (Fsp3) is 0.0500. The lowest BCUT2D eigenvalue weighted by atomic mass is 10.0. The smallest absolute Gasteiger partial charge is 0.260 e. The van der Waals surface area contributed by atoms with Crippen molar-refractivity contribution in [3.05, 3.63) is 77.3 Å². The highest BCUT2D eigenvalue weighted by Gasteiger charge is 2.17. The molecule has 144 valence electrons. The summed E-state index contributed by atoms with van der Waals surface area (Å²) in [4.78, 5) is 28.1. The molecule has 4 aromatic rings. The largest absolute Gasteiger partial charge is 0.305 e. The number of amides is 1. The van der Waals surface area contributed by atoms with E-state index in [2.05, 4.69) is 25.3 Å². The van der Waals surface area contributed by atoms with E-state index in [0.29, 0.717) is 5.69 Å². The topological polar surface area (TPSA) is 80.7 Å². The van der Waals surface area contributed by atoms with Crippen LogP contribution < -0.4 is 5.32 Å². The highest BCUT2D eigenvalue weighted by Crippen LogP contribution is 2.29. The molecule has 1 N–H and O–H groups in total. The summed E-state index contributed by atoms with van der Waals surface area (Å²) in [5, 5.41) is 5.20. The zero-order valence-corrected chi connectivity index (χ0v) is 15.9. The second-order valence-corrected chi connectivity index (χ2v) is 6.97. The van der Waals surface area contributed by atoms with E-state index in [1.54, 1.807) is 6.20 Å². The first-order valence-electron chi connectivity index (χ1n) is 8.47. The van der Waals surface area contributed by atoms with Gasteiger partial charge in [-0.15, -0.1) is 11.3 Å². The number of nitrogens with one attached hydrogen (secondary N) is 1. The Kier molecular flexibility index (Phi) is 5.05. The molecule has 0 fully saturated rings. The number of thiazole rings is 1. The van der Waals surface area contributed by atoms with Crippen LogP contribution in [0.2, 0.25) is 0 Å². The van der Waals surface area contributed by atoms with Crippen LogP contribution in [0, 0.1) is 18.7 Å². The molecule has 29 heavy (non-hydrogen) atoms. The van der Waals surface area contributed by atoms with Crippen molar-refractivity contribution in [1.29, 1.82) is 0 Å². The summed E-state index contributed by atoms with van der Waals surface area (Å²) < 4.78 is 26.9. The van der Waals surface area contributed by atoms with Crippen LogP contribution >= 0.6 is 11.3 Å². The molecule has 0 radical (unpaired) electrons. The highest BCUT2D eigenvalue weighted by atomic mass is 32.1. The van der Waals surface area contributed by atoms with Crippen molar-refractivity contribution in [2.45, 2.75) is 6.92 Å². The van der Waals surface area contributed by atoms with Gasteiger partial charge in [-0.1, -0.05) is 12.1 Å². The number of nitrogens with zero attached hydrogens (tertiary/aromatic N) is 4. The van der Waals surface area contributed by atoms with Gasteiger partial charge in [0, 0.05) is 28.9 Å². The lowest BCUT2D eigenvalue weighted by molar-refractivity contribution is 0.102. The van der Waals surface area contributed by atoms with Crippen LogP contribution in [-0.2, 0) is 0 Å². The van der Waals surface area contributed by atoms with E-state index in [-0.39, 0.29) is 5.82 Å². The van der Waals surface area contributed by atoms with Crippen LogP contribution in [0.4, 0.5) is 14.6 Å². The third-order valence-electron chi connectivity index (χ3n) is 4.18. The maximum absolute atomic E-state index is 13.7. The Bertz CT molecular complexity index is 1180.